The van der Waals surface area contributed by atoms with Crippen molar-refractivity contribution in [1.29, 1.82) is 0 Å². The Morgan fingerprint density at radius 3 is 2.68 bits per heavy atom. The van der Waals surface area contributed by atoms with Gasteiger partial charge in [0, 0.05) is 4.47 Å². The van der Waals surface area contributed by atoms with E-state index >= 15 is 0 Å². The molecule has 0 bridgehead atoms. The van der Waals surface area contributed by atoms with Gasteiger partial charge in [0.1, 0.15) is 5.82 Å². The average molecular weight is 322 g/mol. The van der Waals surface area contributed by atoms with Crippen LogP contribution in [0.25, 0.3) is 0 Å². The van der Waals surface area contributed by atoms with E-state index in [4.69, 9.17) is 0 Å². The summed E-state index contributed by atoms with van der Waals surface area (Å²) >= 11 is 3.50. The standard InChI is InChI=1S/C16H17BrFN/c1-3-11-5-4-6-12(9-11)16(19-2)14-10-13(18)7-8-15(14)17/h4-10,16,19H,3H2,1-2H3. The molecule has 0 spiro atoms. The van der Waals surface area contributed by atoms with Gasteiger partial charge in [-0.3, -0.25) is 0 Å². The van der Waals surface area contributed by atoms with E-state index in [2.05, 4.69) is 46.4 Å². The van der Waals surface area contributed by atoms with Crippen LogP contribution in [0.2, 0.25) is 0 Å². The Bertz CT molecular complexity index is 568. The quantitative estimate of drug-likeness (QED) is 0.876. The normalized spacial score (nSPS) is 12.4. The summed E-state index contributed by atoms with van der Waals surface area (Å²) in [6, 6.07) is 13.2. The van der Waals surface area contributed by atoms with Crippen LogP contribution in [0.15, 0.2) is 46.9 Å². The molecular formula is C16H17BrFN. The third-order valence-electron chi connectivity index (χ3n) is 3.25. The van der Waals surface area contributed by atoms with Crippen molar-refractivity contribution in [3.05, 3.63) is 69.4 Å². The van der Waals surface area contributed by atoms with Gasteiger partial charge >= 0.3 is 0 Å². The maximum absolute atomic E-state index is 13.5. The minimum Gasteiger partial charge on any atom is -0.309 e. The van der Waals surface area contributed by atoms with Crippen molar-refractivity contribution >= 4 is 15.9 Å². The zero-order chi connectivity index (χ0) is 13.8. The van der Waals surface area contributed by atoms with Gasteiger partial charge < -0.3 is 5.32 Å². The zero-order valence-electron chi connectivity index (χ0n) is 11.1. The molecule has 2 aromatic rings. The molecule has 100 valence electrons. The Labute approximate surface area is 122 Å². The fraction of sp³-hybridized carbons (Fsp3) is 0.250. The first-order chi connectivity index (χ1) is 9.15. The van der Waals surface area contributed by atoms with E-state index in [9.17, 15) is 4.39 Å². The second-order valence-corrected chi connectivity index (χ2v) is 5.34. The minimum atomic E-state index is -0.218. The van der Waals surface area contributed by atoms with Crippen LogP contribution in [0.3, 0.4) is 0 Å². The summed E-state index contributed by atoms with van der Waals surface area (Å²) < 4.78 is 14.4. The molecule has 0 aliphatic carbocycles. The molecule has 0 saturated carbocycles. The highest BCUT2D eigenvalue weighted by atomic mass is 79.9. The van der Waals surface area contributed by atoms with Crippen LogP contribution >= 0.6 is 15.9 Å². The second-order valence-electron chi connectivity index (χ2n) is 4.49. The topological polar surface area (TPSA) is 12.0 Å². The third kappa shape index (κ3) is 3.23. The molecule has 2 aromatic carbocycles. The molecule has 19 heavy (non-hydrogen) atoms. The number of nitrogens with one attached hydrogen (secondary N) is 1. The van der Waals surface area contributed by atoms with Gasteiger partial charge in [0.2, 0.25) is 0 Å². The average Bonchev–Trinajstić information content (AvgIpc) is 2.44. The van der Waals surface area contributed by atoms with E-state index < -0.39 is 0 Å². The second kappa shape index (κ2) is 6.31. The summed E-state index contributed by atoms with van der Waals surface area (Å²) in [5.41, 5.74) is 3.34. The summed E-state index contributed by atoms with van der Waals surface area (Å²) in [6.07, 6.45) is 0.995. The number of benzene rings is 2. The molecule has 0 aliphatic heterocycles. The maximum Gasteiger partial charge on any atom is 0.123 e. The van der Waals surface area contributed by atoms with E-state index in [1.165, 1.54) is 11.6 Å². The molecule has 1 nitrogen and oxygen atoms in total. The Balaban J connectivity index is 2.46. The first kappa shape index (κ1) is 14.2. The zero-order valence-corrected chi connectivity index (χ0v) is 12.7. The lowest BCUT2D eigenvalue weighted by Crippen LogP contribution is -2.18. The molecule has 3 heteroatoms. The number of rotatable bonds is 4. The Morgan fingerprint density at radius 2 is 2.00 bits per heavy atom. The predicted molar refractivity (Wildman–Crippen MR) is 80.8 cm³/mol. The van der Waals surface area contributed by atoms with Gasteiger partial charge in [-0.25, -0.2) is 4.39 Å². The number of halogens is 2. The van der Waals surface area contributed by atoms with Gasteiger partial charge in [0.05, 0.1) is 6.04 Å². The van der Waals surface area contributed by atoms with Crippen molar-refractivity contribution in [1.82, 2.24) is 5.32 Å². The molecule has 0 radical (unpaired) electrons. The summed E-state index contributed by atoms with van der Waals surface area (Å²) in [7, 11) is 1.89. The first-order valence-electron chi connectivity index (χ1n) is 6.36. The van der Waals surface area contributed by atoms with E-state index in [0.29, 0.717) is 0 Å². The molecule has 0 aromatic heterocycles. The lowest BCUT2D eigenvalue weighted by Gasteiger charge is -2.19. The van der Waals surface area contributed by atoms with E-state index in [0.717, 1.165) is 22.0 Å². The molecular weight excluding hydrogens is 305 g/mol. The first-order valence-corrected chi connectivity index (χ1v) is 7.16. The van der Waals surface area contributed by atoms with Gasteiger partial charge in [-0.2, -0.15) is 0 Å². The largest absolute Gasteiger partial charge is 0.309 e. The summed E-state index contributed by atoms with van der Waals surface area (Å²) in [5, 5.41) is 3.26. The van der Waals surface area contributed by atoms with Crippen LogP contribution in [0.5, 0.6) is 0 Å². The smallest absolute Gasteiger partial charge is 0.123 e. The highest BCUT2D eigenvalue weighted by Gasteiger charge is 2.15. The van der Waals surface area contributed by atoms with E-state index in [1.807, 2.05) is 13.1 Å². The van der Waals surface area contributed by atoms with Crippen LogP contribution < -0.4 is 5.32 Å². The van der Waals surface area contributed by atoms with Gasteiger partial charge in [-0.1, -0.05) is 47.1 Å². The SMILES string of the molecule is CCc1cccc(C(NC)c2cc(F)ccc2Br)c1. The maximum atomic E-state index is 13.5. The molecule has 0 saturated heterocycles. The van der Waals surface area contributed by atoms with E-state index in [1.54, 1.807) is 12.1 Å². The van der Waals surface area contributed by atoms with Crippen LogP contribution in [-0.4, -0.2) is 7.05 Å². The van der Waals surface area contributed by atoms with Crippen LogP contribution in [0.1, 0.15) is 29.7 Å². The van der Waals surface area contributed by atoms with E-state index in [-0.39, 0.29) is 11.9 Å². The minimum absolute atomic E-state index is 0.0171. The van der Waals surface area contributed by atoms with Crippen molar-refractivity contribution < 1.29 is 4.39 Å². The summed E-state index contributed by atoms with van der Waals surface area (Å²) in [6.45, 7) is 2.13. The number of aryl methyl sites for hydroxylation is 1. The number of hydrogen-bond acceptors (Lipinski definition) is 1. The summed E-state index contributed by atoms with van der Waals surface area (Å²) in [5.74, 6) is -0.218. The Hall–Kier alpha value is -1.19. The highest BCUT2D eigenvalue weighted by Crippen LogP contribution is 2.29. The molecule has 1 atom stereocenters. The fourth-order valence-electron chi connectivity index (χ4n) is 2.23. The third-order valence-corrected chi connectivity index (χ3v) is 3.97. The molecule has 0 heterocycles. The van der Waals surface area contributed by atoms with Crippen molar-refractivity contribution in [3.8, 4) is 0 Å². The Morgan fingerprint density at radius 1 is 1.21 bits per heavy atom. The van der Waals surface area contributed by atoms with Gasteiger partial charge in [0.25, 0.3) is 0 Å². The monoisotopic (exact) mass is 321 g/mol. The van der Waals surface area contributed by atoms with Crippen LogP contribution in [0, 0.1) is 5.82 Å². The van der Waals surface area contributed by atoms with Crippen LogP contribution in [-0.2, 0) is 6.42 Å². The predicted octanol–water partition coefficient (Wildman–Crippen LogP) is 4.46. The highest BCUT2D eigenvalue weighted by molar-refractivity contribution is 9.10. The lowest BCUT2D eigenvalue weighted by atomic mass is 9.96. The fourth-order valence-corrected chi connectivity index (χ4v) is 2.71. The van der Waals surface area contributed by atoms with Crippen molar-refractivity contribution in [2.45, 2.75) is 19.4 Å². The molecule has 1 unspecified atom stereocenters. The lowest BCUT2D eigenvalue weighted by molar-refractivity contribution is 0.615. The number of hydrogen-bond donors (Lipinski definition) is 1. The van der Waals surface area contributed by atoms with Crippen molar-refractivity contribution in [2.24, 2.45) is 0 Å². The van der Waals surface area contributed by atoms with Gasteiger partial charge in [-0.05, 0) is 48.4 Å². The molecule has 2 rings (SSSR count). The van der Waals surface area contributed by atoms with Crippen molar-refractivity contribution in [2.75, 3.05) is 7.05 Å². The molecule has 0 aliphatic rings. The molecule has 0 fully saturated rings. The van der Waals surface area contributed by atoms with Gasteiger partial charge in [-0.15, -0.1) is 0 Å². The Kier molecular flexibility index (Phi) is 4.72. The molecule has 0 amide bonds. The van der Waals surface area contributed by atoms with Gasteiger partial charge in [0.15, 0.2) is 0 Å². The van der Waals surface area contributed by atoms with Crippen molar-refractivity contribution in [3.63, 3.8) is 0 Å². The molecule has 1 N–H and O–H groups in total. The van der Waals surface area contributed by atoms with Crippen LogP contribution in [0.4, 0.5) is 4.39 Å². The summed E-state index contributed by atoms with van der Waals surface area (Å²) in [4.78, 5) is 0.